The molecule has 0 amide bonds. The molecule has 0 aliphatic heterocycles. The third kappa shape index (κ3) is 5.70. The third-order valence-corrected chi connectivity index (χ3v) is 6.06. The van der Waals surface area contributed by atoms with Crippen LogP contribution >= 0.6 is 0 Å². The zero-order valence-corrected chi connectivity index (χ0v) is 20.8. The zero-order valence-electron chi connectivity index (χ0n) is 20.8. The van der Waals surface area contributed by atoms with E-state index in [4.69, 9.17) is 4.74 Å². The molecule has 0 bridgehead atoms. The van der Waals surface area contributed by atoms with Gasteiger partial charge < -0.3 is 9.64 Å². The van der Waals surface area contributed by atoms with Crippen molar-refractivity contribution in [1.82, 2.24) is 0 Å². The fourth-order valence-electron chi connectivity index (χ4n) is 3.91. The standard InChI is InChI=1S/C32H31NO2/c1-22(2)32(34)35-25(5)26-10-12-27(13-11-26)28-14-20-31(21-15-28)33(29-16-6-23(3)7-17-29)30-18-8-24(4)9-19-30/h6-21,25H,1H2,2-5H3. The van der Waals surface area contributed by atoms with Gasteiger partial charge in [0.15, 0.2) is 0 Å². The molecule has 176 valence electrons. The second kappa shape index (κ2) is 10.4. The van der Waals surface area contributed by atoms with Gasteiger partial charge in [0.25, 0.3) is 0 Å². The predicted octanol–water partition coefficient (Wildman–Crippen LogP) is 8.62. The van der Waals surface area contributed by atoms with Crippen molar-refractivity contribution in [1.29, 1.82) is 0 Å². The van der Waals surface area contributed by atoms with E-state index in [-0.39, 0.29) is 12.1 Å². The SMILES string of the molecule is C=C(C)C(=O)OC(C)c1ccc(-c2ccc(N(c3ccc(C)cc3)c3ccc(C)cc3)cc2)cc1. The van der Waals surface area contributed by atoms with Gasteiger partial charge in [-0.05, 0) is 80.8 Å². The van der Waals surface area contributed by atoms with Crippen LogP contribution < -0.4 is 4.90 Å². The maximum Gasteiger partial charge on any atom is 0.333 e. The Morgan fingerprint density at radius 1 is 0.686 bits per heavy atom. The summed E-state index contributed by atoms with van der Waals surface area (Å²) >= 11 is 0. The van der Waals surface area contributed by atoms with Crippen LogP contribution in [0, 0.1) is 13.8 Å². The van der Waals surface area contributed by atoms with Crippen molar-refractivity contribution >= 4 is 23.0 Å². The lowest BCUT2D eigenvalue weighted by atomic mass is 10.0. The number of aryl methyl sites for hydroxylation is 2. The number of carbonyl (C=O) groups is 1. The van der Waals surface area contributed by atoms with Gasteiger partial charge in [0.1, 0.15) is 6.10 Å². The van der Waals surface area contributed by atoms with Crippen LogP contribution in [0.2, 0.25) is 0 Å². The first-order valence-corrected chi connectivity index (χ1v) is 11.8. The average Bonchev–Trinajstić information content (AvgIpc) is 2.87. The summed E-state index contributed by atoms with van der Waals surface area (Å²) < 4.78 is 5.44. The van der Waals surface area contributed by atoms with E-state index >= 15 is 0 Å². The van der Waals surface area contributed by atoms with Crippen LogP contribution in [0.1, 0.15) is 36.6 Å². The molecule has 3 heteroatoms. The van der Waals surface area contributed by atoms with Crippen LogP contribution in [0.15, 0.2) is 109 Å². The summed E-state index contributed by atoms with van der Waals surface area (Å²) in [6.45, 7) is 11.4. The molecule has 4 aromatic carbocycles. The summed E-state index contributed by atoms with van der Waals surface area (Å²) in [6.07, 6.45) is -0.326. The highest BCUT2D eigenvalue weighted by Gasteiger charge is 2.14. The molecular formula is C32H31NO2. The molecule has 1 unspecified atom stereocenters. The highest BCUT2D eigenvalue weighted by molar-refractivity contribution is 5.87. The first-order chi connectivity index (χ1) is 16.8. The van der Waals surface area contributed by atoms with Crippen molar-refractivity contribution in [2.24, 2.45) is 0 Å². The number of benzene rings is 4. The molecule has 0 heterocycles. The Bertz CT molecular complexity index is 1260. The van der Waals surface area contributed by atoms with Gasteiger partial charge in [0.05, 0.1) is 0 Å². The normalized spacial score (nSPS) is 11.5. The smallest absolute Gasteiger partial charge is 0.333 e. The molecule has 0 aliphatic carbocycles. The Balaban J connectivity index is 1.59. The Labute approximate surface area is 208 Å². The van der Waals surface area contributed by atoms with E-state index in [1.54, 1.807) is 6.92 Å². The largest absolute Gasteiger partial charge is 0.454 e. The summed E-state index contributed by atoms with van der Waals surface area (Å²) in [6, 6.07) is 33.9. The number of hydrogen-bond donors (Lipinski definition) is 0. The number of anilines is 3. The van der Waals surface area contributed by atoms with Gasteiger partial charge in [-0.1, -0.05) is 78.4 Å². The van der Waals surface area contributed by atoms with Gasteiger partial charge in [0, 0.05) is 22.6 Å². The average molecular weight is 462 g/mol. The molecule has 4 aromatic rings. The van der Waals surface area contributed by atoms with E-state index < -0.39 is 0 Å². The van der Waals surface area contributed by atoms with Gasteiger partial charge in [-0.15, -0.1) is 0 Å². The number of ether oxygens (including phenoxy) is 1. The van der Waals surface area contributed by atoms with Gasteiger partial charge in [-0.25, -0.2) is 4.79 Å². The maximum absolute atomic E-state index is 11.8. The molecule has 0 N–H and O–H groups in total. The minimum absolute atomic E-state index is 0.326. The molecular weight excluding hydrogens is 430 g/mol. The first-order valence-electron chi connectivity index (χ1n) is 11.8. The van der Waals surface area contributed by atoms with Gasteiger partial charge >= 0.3 is 5.97 Å². The second-order valence-corrected chi connectivity index (χ2v) is 9.00. The van der Waals surface area contributed by atoms with E-state index in [0.717, 1.165) is 33.8 Å². The van der Waals surface area contributed by atoms with E-state index in [2.05, 4.69) is 110 Å². The second-order valence-electron chi connectivity index (χ2n) is 9.00. The fraction of sp³-hybridized carbons (Fsp3) is 0.156. The maximum atomic E-state index is 11.8. The van der Waals surface area contributed by atoms with Crippen LogP contribution in [-0.4, -0.2) is 5.97 Å². The van der Waals surface area contributed by atoms with Crippen LogP contribution in [-0.2, 0) is 9.53 Å². The van der Waals surface area contributed by atoms with Crippen LogP contribution in [0.3, 0.4) is 0 Å². The lowest BCUT2D eigenvalue weighted by molar-refractivity contribution is -0.143. The Hall–Kier alpha value is -4.11. The monoisotopic (exact) mass is 461 g/mol. The highest BCUT2D eigenvalue weighted by atomic mass is 16.5. The van der Waals surface area contributed by atoms with Crippen molar-refractivity contribution in [2.75, 3.05) is 4.90 Å². The lowest BCUT2D eigenvalue weighted by Crippen LogP contribution is -2.09. The minimum Gasteiger partial charge on any atom is -0.454 e. The molecule has 0 saturated carbocycles. The highest BCUT2D eigenvalue weighted by Crippen LogP contribution is 2.36. The number of carbonyl (C=O) groups excluding carboxylic acids is 1. The zero-order chi connectivity index (χ0) is 24.9. The predicted molar refractivity (Wildman–Crippen MR) is 145 cm³/mol. The van der Waals surface area contributed by atoms with Crippen molar-refractivity contribution in [3.63, 3.8) is 0 Å². The minimum atomic E-state index is -0.371. The number of hydrogen-bond acceptors (Lipinski definition) is 3. The van der Waals surface area contributed by atoms with E-state index in [1.807, 2.05) is 19.1 Å². The van der Waals surface area contributed by atoms with Gasteiger partial charge in [-0.3, -0.25) is 0 Å². The summed E-state index contributed by atoms with van der Waals surface area (Å²) in [5.41, 5.74) is 9.39. The molecule has 0 fully saturated rings. The van der Waals surface area contributed by atoms with Crippen LogP contribution in [0.5, 0.6) is 0 Å². The van der Waals surface area contributed by atoms with Crippen LogP contribution in [0.4, 0.5) is 17.1 Å². The van der Waals surface area contributed by atoms with Crippen molar-refractivity contribution in [3.8, 4) is 11.1 Å². The quantitative estimate of drug-likeness (QED) is 0.204. The third-order valence-electron chi connectivity index (χ3n) is 6.06. The molecule has 0 spiro atoms. The topological polar surface area (TPSA) is 29.5 Å². The summed E-state index contributed by atoms with van der Waals surface area (Å²) in [5, 5.41) is 0. The summed E-state index contributed by atoms with van der Waals surface area (Å²) in [5.74, 6) is -0.371. The molecule has 0 radical (unpaired) electrons. The molecule has 4 rings (SSSR count). The van der Waals surface area contributed by atoms with Gasteiger partial charge in [-0.2, -0.15) is 0 Å². The Morgan fingerprint density at radius 2 is 1.06 bits per heavy atom. The fourth-order valence-corrected chi connectivity index (χ4v) is 3.91. The molecule has 0 aromatic heterocycles. The number of rotatable bonds is 7. The number of nitrogens with zero attached hydrogens (tertiary/aromatic N) is 1. The summed E-state index contributed by atoms with van der Waals surface area (Å²) in [7, 11) is 0. The molecule has 1 atom stereocenters. The van der Waals surface area contributed by atoms with Crippen LogP contribution in [0.25, 0.3) is 11.1 Å². The van der Waals surface area contributed by atoms with Crippen molar-refractivity contribution in [3.05, 3.63) is 126 Å². The molecule has 0 aliphatic rings. The lowest BCUT2D eigenvalue weighted by Gasteiger charge is -2.26. The Kier molecular flexibility index (Phi) is 7.17. The van der Waals surface area contributed by atoms with E-state index in [0.29, 0.717) is 5.57 Å². The molecule has 35 heavy (non-hydrogen) atoms. The number of esters is 1. The Morgan fingerprint density at radius 3 is 1.46 bits per heavy atom. The van der Waals surface area contributed by atoms with E-state index in [1.165, 1.54) is 11.1 Å². The van der Waals surface area contributed by atoms with E-state index in [9.17, 15) is 4.79 Å². The summed E-state index contributed by atoms with van der Waals surface area (Å²) in [4.78, 5) is 14.1. The van der Waals surface area contributed by atoms with Crippen molar-refractivity contribution < 1.29 is 9.53 Å². The first kappa shape index (κ1) is 24.0. The van der Waals surface area contributed by atoms with Gasteiger partial charge in [0.2, 0.25) is 0 Å². The molecule has 3 nitrogen and oxygen atoms in total. The molecule has 0 saturated heterocycles. The van der Waals surface area contributed by atoms with Crippen molar-refractivity contribution in [2.45, 2.75) is 33.8 Å².